The van der Waals surface area contributed by atoms with E-state index >= 15 is 0 Å². The van der Waals surface area contributed by atoms with E-state index in [2.05, 4.69) is 40.5 Å². The van der Waals surface area contributed by atoms with Crippen LogP contribution in [0.5, 0.6) is 0 Å². The molecule has 0 aliphatic carbocycles. The molecule has 2 atom stereocenters. The Hall–Kier alpha value is -3.64. The maximum atomic E-state index is 14.0. The maximum absolute atomic E-state index is 14.0. The van der Waals surface area contributed by atoms with Crippen LogP contribution in [0, 0.1) is 0 Å². The van der Waals surface area contributed by atoms with Gasteiger partial charge in [-0.2, -0.15) is 8.78 Å². The molecule has 6 rings (SSSR count). The predicted molar refractivity (Wildman–Crippen MR) is 132 cm³/mol. The minimum absolute atomic E-state index is 0.195. The third-order valence-corrected chi connectivity index (χ3v) is 6.21. The van der Waals surface area contributed by atoms with E-state index in [1.165, 1.54) is 6.92 Å². The van der Waals surface area contributed by atoms with Crippen LogP contribution < -0.4 is 10.6 Å². The molecule has 3 aromatic heterocycles. The second kappa shape index (κ2) is 10.0. The average molecular weight is 511 g/mol. The summed E-state index contributed by atoms with van der Waals surface area (Å²) >= 11 is 0. The fourth-order valence-corrected chi connectivity index (χ4v) is 4.46. The fourth-order valence-electron chi connectivity index (χ4n) is 4.46. The van der Waals surface area contributed by atoms with Crippen LogP contribution in [0.2, 0.25) is 0 Å². The highest BCUT2D eigenvalue weighted by molar-refractivity contribution is 5.89. The predicted octanol–water partition coefficient (Wildman–Crippen LogP) is 3.68. The summed E-state index contributed by atoms with van der Waals surface area (Å²) in [7, 11) is 0. The number of carbonyl (C=O) groups excluding carboxylic acids is 1. The first kappa shape index (κ1) is 25.0. The highest BCUT2D eigenvalue weighted by Crippen LogP contribution is 2.32. The number of hydrogen-bond acceptors (Lipinski definition) is 9. The van der Waals surface area contributed by atoms with Gasteiger partial charge in [0.1, 0.15) is 11.6 Å². The Bertz CT molecular complexity index is 1280. The first-order chi connectivity index (χ1) is 17.7. The van der Waals surface area contributed by atoms with Crippen molar-refractivity contribution in [1.29, 1.82) is 0 Å². The molecule has 3 fully saturated rings. The van der Waals surface area contributed by atoms with Gasteiger partial charge >= 0.3 is 5.92 Å². The van der Waals surface area contributed by atoms with Crippen molar-refractivity contribution in [2.45, 2.75) is 58.3 Å². The minimum atomic E-state index is -3.20. The molecule has 0 radical (unpaired) electrons. The Morgan fingerprint density at radius 3 is 2.46 bits per heavy atom. The maximum Gasteiger partial charge on any atom is 0.303 e. The molecule has 194 valence electrons. The summed E-state index contributed by atoms with van der Waals surface area (Å²) in [5, 5.41) is 5.73. The first-order valence-electron chi connectivity index (χ1n) is 12.2. The van der Waals surface area contributed by atoms with Crippen molar-refractivity contribution < 1.29 is 18.3 Å². The molecular weight excluding hydrogens is 482 g/mol. The van der Waals surface area contributed by atoms with E-state index in [4.69, 9.17) is 4.74 Å². The van der Waals surface area contributed by atoms with Crippen LogP contribution in [0.15, 0.2) is 30.7 Å². The van der Waals surface area contributed by atoms with Gasteiger partial charge in [0, 0.05) is 69.5 Å². The smallest absolute Gasteiger partial charge is 0.303 e. The Balaban J connectivity index is 1.43. The van der Waals surface area contributed by atoms with E-state index in [1.54, 1.807) is 30.7 Å². The number of fused-ring (bicyclic) bond motifs is 2. The number of ether oxygens (including phenoxy) is 1. The van der Waals surface area contributed by atoms with E-state index in [-0.39, 0.29) is 11.7 Å². The number of hydrogen-bond donors (Lipinski definition) is 2. The van der Waals surface area contributed by atoms with E-state index < -0.39 is 11.7 Å². The number of morpholine rings is 1. The van der Waals surface area contributed by atoms with Crippen LogP contribution in [0.1, 0.15) is 44.4 Å². The number of aryl methyl sites for hydroxylation is 1. The molecule has 3 aromatic rings. The minimum Gasteiger partial charge on any atom is -0.372 e. The Kier molecular flexibility index (Phi) is 6.78. The van der Waals surface area contributed by atoms with Gasteiger partial charge in [-0.3, -0.25) is 19.7 Å². The van der Waals surface area contributed by atoms with E-state index in [1.807, 2.05) is 6.92 Å². The molecule has 0 unspecified atom stereocenters. The number of piperidine rings is 1. The molecule has 6 heterocycles. The highest BCUT2D eigenvalue weighted by atomic mass is 19.3. The van der Waals surface area contributed by atoms with Crippen molar-refractivity contribution in [2.24, 2.45) is 0 Å². The van der Waals surface area contributed by atoms with Crippen LogP contribution in [-0.2, 0) is 28.4 Å². The number of aromatic nitrogens is 5. The summed E-state index contributed by atoms with van der Waals surface area (Å²) in [6.45, 7) is 6.42. The fraction of sp³-hybridized carbons (Fsp3) is 0.440. The molecule has 0 spiro atoms. The van der Waals surface area contributed by atoms with Gasteiger partial charge in [-0.1, -0.05) is 6.92 Å². The monoisotopic (exact) mass is 510 g/mol. The van der Waals surface area contributed by atoms with Crippen LogP contribution in [0.25, 0.3) is 11.3 Å². The number of nitrogens with one attached hydrogen (secondary N) is 2. The molecule has 37 heavy (non-hydrogen) atoms. The van der Waals surface area contributed by atoms with Gasteiger partial charge < -0.3 is 15.4 Å². The van der Waals surface area contributed by atoms with Gasteiger partial charge in [0.15, 0.2) is 0 Å². The summed E-state index contributed by atoms with van der Waals surface area (Å²) in [4.78, 5) is 35.4. The molecule has 2 bridgehead atoms. The molecule has 0 aromatic carbocycles. The van der Waals surface area contributed by atoms with Crippen molar-refractivity contribution in [3.63, 3.8) is 0 Å². The molecule has 3 saturated heterocycles. The number of pyridine rings is 1. The third-order valence-electron chi connectivity index (χ3n) is 6.21. The van der Waals surface area contributed by atoms with Crippen LogP contribution in [-0.4, -0.2) is 61.0 Å². The normalized spacial score (nSPS) is 19.3. The molecule has 3 aliphatic heterocycles. The number of amides is 1. The average Bonchev–Trinajstić information content (AvgIpc) is 2.83. The SMILES string of the molecule is CCc1cc(Nc2cc(NC(C)=O)ncc2-c2cnc(CN3C[C@H]4C[C@@H](C3)O4)cn2)nc(C(C)(F)F)n1. The van der Waals surface area contributed by atoms with Gasteiger partial charge in [0.2, 0.25) is 11.7 Å². The van der Waals surface area contributed by atoms with Crippen molar-refractivity contribution in [1.82, 2.24) is 29.8 Å². The van der Waals surface area contributed by atoms with E-state index in [9.17, 15) is 13.6 Å². The number of alkyl halides is 2. The lowest BCUT2D eigenvalue weighted by atomic mass is 9.99. The molecule has 12 heteroatoms. The molecule has 2 N–H and O–H groups in total. The highest BCUT2D eigenvalue weighted by Gasteiger charge is 2.38. The summed E-state index contributed by atoms with van der Waals surface area (Å²) < 4.78 is 33.8. The Labute approximate surface area is 212 Å². The lowest BCUT2D eigenvalue weighted by Gasteiger charge is -2.46. The zero-order valence-electron chi connectivity index (χ0n) is 20.8. The summed E-state index contributed by atoms with van der Waals surface area (Å²) in [6, 6.07) is 3.21. The molecule has 0 saturated carbocycles. The van der Waals surface area contributed by atoms with Gasteiger partial charge in [0.25, 0.3) is 0 Å². The van der Waals surface area contributed by atoms with Crippen molar-refractivity contribution >= 4 is 23.2 Å². The number of carbonyl (C=O) groups is 1. The molecular formula is C25H28F2N8O2. The number of anilines is 3. The van der Waals surface area contributed by atoms with Crippen molar-refractivity contribution in [3.05, 3.63) is 47.9 Å². The number of rotatable bonds is 8. The van der Waals surface area contributed by atoms with Gasteiger partial charge in [-0.15, -0.1) is 0 Å². The molecule has 3 aliphatic rings. The second-order valence-corrected chi connectivity index (χ2v) is 9.43. The Morgan fingerprint density at radius 1 is 1.08 bits per heavy atom. The molecule has 1 amide bonds. The first-order valence-corrected chi connectivity index (χ1v) is 12.2. The van der Waals surface area contributed by atoms with Gasteiger partial charge in [-0.25, -0.2) is 15.0 Å². The number of nitrogens with zero attached hydrogens (tertiary/aromatic N) is 6. The van der Waals surface area contributed by atoms with Gasteiger partial charge in [-0.05, 0) is 6.42 Å². The third kappa shape index (κ3) is 5.86. The second-order valence-electron chi connectivity index (χ2n) is 9.43. The van der Waals surface area contributed by atoms with Crippen molar-refractivity contribution in [2.75, 3.05) is 23.7 Å². The van der Waals surface area contributed by atoms with E-state index in [0.717, 1.165) is 32.1 Å². The zero-order chi connectivity index (χ0) is 26.2. The van der Waals surface area contributed by atoms with Crippen LogP contribution in [0.4, 0.5) is 26.1 Å². The Morgan fingerprint density at radius 2 is 1.84 bits per heavy atom. The van der Waals surface area contributed by atoms with Crippen LogP contribution in [0.3, 0.4) is 0 Å². The largest absolute Gasteiger partial charge is 0.372 e. The van der Waals surface area contributed by atoms with Gasteiger partial charge in [0.05, 0.1) is 41.7 Å². The van der Waals surface area contributed by atoms with Crippen LogP contribution >= 0.6 is 0 Å². The van der Waals surface area contributed by atoms with Crippen molar-refractivity contribution in [3.8, 4) is 11.3 Å². The lowest BCUT2D eigenvalue weighted by molar-refractivity contribution is -0.182. The summed E-state index contributed by atoms with van der Waals surface area (Å²) in [5.74, 6) is -3.58. The quantitative estimate of drug-likeness (QED) is 0.468. The van der Waals surface area contributed by atoms with E-state index in [0.29, 0.717) is 53.6 Å². The lowest BCUT2D eigenvalue weighted by Crippen LogP contribution is -2.56. The number of halogens is 2. The topological polar surface area (TPSA) is 118 Å². The summed E-state index contributed by atoms with van der Waals surface area (Å²) in [6.07, 6.45) is 7.13. The molecule has 10 nitrogen and oxygen atoms in total. The standard InChI is InChI=1S/C25H28F2N8O2/c1-4-15-5-23(34-24(32-15)25(3,26)27)33-20-7-22(31-14(2)36)30-9-19(20)21-10-28-16(8-29-21)11-35-12-17-6-18(13-35)37-17/h5,7-10,17-18H,4,6,11-13H2,1-3H3,(H2,30,31,32,33,34,36)/t17-,18+. The summed E-state index contributed by atoms with van der Waals surface area (Å²) in [5.41, 5.74) is 2.88. The zero-order valence-corrected chi connectivity index (χ0v) is 20.8.